The van der Waals surface area contributed by atoms with Crippen LogP contribution in [0.15, 0.2) is 35.1 Å². The molecule has 3 aromatic rings. The van der Waals surface area contributed by atoms with Gasteiger partial charge in [-0.15, -0.1) is 0 Å². The zero-order chi connectivity index (χ0) is 19.0. The van der Waals surface area contributed by atoms with Gasteiger partial charge in [-0.05, 0) is 32.4 Å². The van der Waals surface area contributed by atoms with Crippen LogP contribution in [0.5, 0.6) is 5.75 Å². The van der Waals surface area contributed by atoms with E-state index in [1.807, 2.05) is 32.0 Å². The number of para-hydroxylation sites is 1. The van der Waals surface area contributed by atoms with Crippen molar-refractivity contribution in [3.05, 3.63) is 63.2 Å². The second-order valence-electron chi connectivity index (χ2n) is 7.27. The van der Waals surface area contributed by atoms with Gasteiger partial charge in [0.05, 0.1) is 7.11 Å². The van der Waals surface area contributed by atoms with Gasteiger partial charge in [-0.1, -0.05) is 25.1 Å². The first-order chi connectivity index (χ1) is 13.1. The van der Waals surface area contributed by atoms with Crippen molar-refractivity contribution in [2.24, 2.45) is 0 Å². The Morgan fingerprint density at radius 3 is 2.93 bits per heavy atom. The average molecular weight is 366 g/mol. The van der Waals surface area contributed by atoms with Crippen molar-refractivity contribution in [3.63, 3.8) is 0 Å². The van der Waals surface area contributed by atoms with E-state index in [2.05, 4.69) is 27.1 Å². The zero-order valence-electron chi connectivity index (χ0n) is 16.2. The summed E-state index contributed by atoms with van der Waals surface area (Å²) in [6.45, 7) is 6.77. The summed E-state index contributed by atoms with van der Waals surface area (Å²) < 4.78 is 7.08. The third-order valence-corrected chi connectivity index (χ3v) is 5.59. The Labute approximate surface area is 158 Å². The Balaban J connectivity index is 1.55. The SMILES string of the molecule is CCc1c(C)nc2cc([C@H]3CCN(Cc4ccccc4OC)C3)[nH]n2c1=O. The molecule has 0 saturated carbocycles. The summed E-state index contributed by atoms with van der Waals surface area (Å²) >= 11 is 0. The van der Waals surface area contributed by atoms with Gasteiger partial charge in [-0.25, -0.2) is 9.50 Å². The molecule has 3 heterocycles. The highest BCUT2D eigenvalue weighted by molar-refractivity contribution is 5.42. The van der Waals surface area contributed by atoms with Gasteiger partial charge in [-0.2, -0.15) is 0 Å². The van der Waals surface area contributed by atoms with Crippen LogP contribution < -0.4 is 10.3 Å². The second-order valence-corrected chi connectivity index (χ2v) is 7.27. The van der Waals surface area contributed by atoms with Crippen LogP contribution in [-0.2, 0) is 13.0 Å². The number of fused-ring (bicyclic) bond motifs is 1. The van der Waals surface area contributed by atoms with E-state index in [1.165, 1.54) is 5.56 Å². The largest absolute Gasteiger partial charge is 0.496 e. The third kappa shape index (κ3) is 3.25. The number of likely N-dealkylation sites (tertiary alicyclic amines) is 1. The number of hydrogen-bond donors (Lipinski definition) is 1. The van der Waals surface area contributed by atoms with Gasteiger partial charge in [-0.3, -0.25) is 14.8 Å². The van der Waals surface area contributed by atoms with E-state index < -0.39 is 0 Å². The van der Waals surface area contributed by atoms with E-state index in [9.17, 15) is 4.79 Å². The summed E-state index contributed by atoms with van der Waals surface area (Å²) in [5.74, 6) is 1.32. The summed E-state index contributed by atoms with van der Waals surface area (Å²) in [7, 11) is 1.72. The lowest BCUT2D eigenvalue weighted by Crippen LogP contribution is -2.22. The number of aromatic amines is 1. The van der Waals surface area contributed by atoms with Crippen LogP contribution in [0, 0.1) is 6.92 Å². The zero-order valence-corrected chi connectivity index (χ0v) is 16.2. The fourth-order valence-corrected chi connectivity index (χ4v) is 4.11. The van der Waals surface area contributed by atoms with E-state index >= 15 is 0 Å². The lowest BCUT2D eigenvalue weighted by atomic mass is 10.1. The van der Waals surface area contributed by atoms with Crippen molar-refractivity contribution >= 4 is 5.65 Å². The summed E-state index contributed by atoms with van der Waals surface area (Å²) in [6.07, 6.45) is 1.77. The van der Waals surface area contributed by atoms with E-state index in [-0.39, 0.29) is 5.56 Å². The van der Waals surface area contributed by atoms with E-state index in [1.54, 1.807) is 11.6 Å². The molecular formula is C21H26N4O2. The molecule has 1 saturated heterocycles. The first-order valence-corrected chi connectivity index (χ1v) is 9.56. The molecule has 4 rings (SSSR count). The molecule has 6 heteroatoms. The first-order valence-electron chi connectivity index (χ1n) is 9.56. The quantitative estimate of drug-likeness (QED) is 0.754. The minimum atomic E-state index is 0.0233. The van der Waals surface area contributed by atoms with Crippen LogP contribution in [0.3, 0.4) is 0 Å². The number of hydrogen-bond acceptors (Lipinski definition) is 4. The van der Waals surface area contributed by atoms with Gasteiger partial charge in [0, 0.05) is 47.6 Å². The average Bonchev–Trinajstić information content (AvgIpc) is 3.29. The van der Waals surface area contributed by atoms with Gasteiger partial charge in [0.2, 0.25) is 0 Å². The predicted octanol–water partition coefficient (Wildman–Crippen LogP) is 2.89. The first kappa shape index (κ1) is 17.8. The summed E-state index contributed by atoms with van der Waals surface area (Å²) in [5, 5.41) is 3.31. The number of nitrogens with one attached hydrogen (secondary N) is 1. The van der Waals surface area contributed by atoms with Gasteiger partial charge < -0.3 is 4.74 Å². The molecule has 142 valence electrons. The highest BCUT2D eigenvalue weighted by Crippen LogP contribution is 2.29. The number of methoxy groups -OCH3 is 1. The minimum absolute atomic E-state index is 0.0233. The molecule has 1 fully saturated rings. The van der Waals surface area contributed by atoms with Crippen LogP contribution in [0.4, 0.5) is 0 Å². The summed E-state index contributed by atoms with van der Waals surface area (Å²) in [6, 6.07) is 10.2. The number of nitrogens with zero attached hydrogens (tertiary/aromatic N) is 3. The highest BCUT2D eigenvalue weighted by Gasteiger charge is 2.26. The van der Waals surface area contributed by atoms with E-state index in [0.717, 1.165) is 48.8 Å². The van der Waals surface area contributed by atoms with Crippen molar-refractivity contribution in [3.8, 4) is 5.75 Å². The van der Waals surface area contributed by atoms with Crippen LogP contribution in [0.2, 0.25) is 0 Å². The molecule has 1 atom stereocenters. The lowest BCUT2D eigenvalue weighted by Gasteiger charge is -2.17. The molecular weight excluding hydrogens is 340 g/mol. The number of benzene rings is 1. The van der Waals surface area contributed by atoms with Gasteiger partial charge in [0.15, 0.2) is 5.65 Å². The molecule has 0 unspecified atom stereocenters. The smallest absolute Gasteiger partial charge is 0.276 e. The predicted molar refractivity (Wildman–Crippen MR) is 106 cm³/mol. The molecule has 2 aromatic heterocycles. The van der Waals surface area contributed by atoms with E-state index in [4.69, 9.17) is 4.74 Å². The van der Waals surface area contributed by atoms with Crippen LogP contribution >= 0.6 is 0 Å². The molecule has 0 aliphatic carbocycles. The minimum Gasteiger partial charge on any atom is -0.496 e. The molecule has 1 aliphatic heterocycles. The Morgan fingerprint density at radius 1 is 1.33 bits per heavy atom. The number of aryl methyl sites for hydroxylation is 1. The molecule has 1 N–H and O–H groups in total. The van der Waals surface area contributed by atoms with Crippen molar-refractivity contribution in [2.45, 2.75) is 39.2 Å². The molecule has 0 amide bonds. The Morgan fingerprint density at radius 2 is 2.15 bits per heavy atom. The van der Waals surface area contributed by atoms with Gasteiger partial charge in [0.1, 0.15) is 5.75 Å². The Hall–Kier alpha value is -2.60. The monoisotopic (exact) mass is 366 g/mol. The summed E-state index contributed by atoms with van der Waals surface area (Å²) in [4.78, 5) is 19.7. The van der Waals surface area contributed by atoms with Crippen molar-refractivity contribution in [1.82, 2.24) is 19.5 Å². The molecule has 1 aliphatic rings. The molecule has 27 heavy (non-hydrogen) atoms. The number of ether oxygens (including phenoxy) is 1. The van der Waals surface area contributed by atoms with Gasteiger partial charge >= 0.3 is 0 Å². The van der Waals surface area contributed by atoms with Gasteiger partial charge in [0.25, 0.3) is 5.56 Å². The van der Waals surface area contributed by atoms with Crippen LogP contribution in [-0.4, -0.2) is 39.7 Å². The molecule has 0 radical (unpaired) electrons. The normalized spacial score (nSPS) is 17.7. The number of aromatic nitrogens is 3. The third-order valence-electron chi connectivity index (χ3n) is 5.59. The standard InChI is InChI=1S/C21H26N4O2/c1-4-17-14(2)22-20-11-18(23-25(20)21(17)26)15-9-10-24(12-15)13-16-7-5-6-8-19(16)27-3/h5-8,11,15,23H,4,9-10,12-13H2,1-3H3/t15-/m0/s1. The fraction of sp³-hybridized carbons (Fsp3) is 0.429. The molecule has 1 aromatic carbocycles. The number of H-pyrrole nitrogens is 1. The summed E-state index contributed by atoms with van der Waals surface area (Å²) in [5.41, 5.74) is 4.65. The maximum absolute atomic E-state index is 12.7. The number of rotatable bonds is 5. The van der Waals surface area contributed by atoms with E-state index in [0.29, 0.717) is 18.0 Å². The molecule has 0 spiro atoms. The topological polar surface area (TPSA) is 62.6 Å². The highest BCUT2D eigenvalue weighted by atomic mass is 16.5. The maximum Gasteiger partial charge on any atom is 0.276 e. The Kier molecular flexibility index (Phi) is 4.74. The maximum atomic E-state index is 12.7. The molecule has 0 bridgehead atoms. The van der Waals surface area contributed by atoms with Crippen molar-refractivity contribution in [1.29, 1.82) is 0 Å². The lowest BCUT2D eigenvalue weighted by molar-refractivity contribution is 0.316. The Bertz CT molecular complexity index is 1020. The van der Waals surface area contributed by atoms with Crippen molar-refractivity contribution < 1.29 is 4.74 Å². The fourth-order valence-electron chi connectivity index (χ4n) is 4.11. The second kappa shape index (κ2) is 7.19. The molecule has 6 nitrogen and oxygen atoms in total. The van der Waals surface area contributed by atoms with Crippen LogP contribution in [0.1, 0.15) is 41.8 Å². The van der Waals surface area contributed by atoms with Crippen molar-refractivity contribution in [2.75, 3.05) is 20.2 Å². The van der Waals surface area contributed by atoms with Crippen LogP contribution in [0.25, 0.3) is 5.65 Å².